The molecular weight excluding hydrogens is 427 g/mol. The fourth-order valence-corrected chi connectivity index (χ4v) is 3.59. The van der Waals surface area contributed by atoms with Crippen molar-refractivity contribution in [2.45, 2.75) is 13.1 Å². The van der Waals surface area contributed by atoms with Crippen molar-refractivity contribution in [3.8, 4) is 5.75 Å². The molecule has 0 saturated carbocycles. The summed E-state index contributed by atoms with van der Waals surface area (Å²) in [6.45, 7) is 2.27. The number of methoxy groups -OCH3 is 1. The highest BCUT2D eigenvalue weighted by Crippen LogP contribution is 2.23. The molecule has 0 aliphatic rings. The van der Waals surface area contributed by atoms with Crippen LogP contribution in [0.25, 0.3) is 6.20 Å². The lowest BCUT2D eigenvalue weighted by Gasteiger charge is -2.22. The van der Waals surface area contributed by atoms with Crippen LogP contribution in [0.3, 0.4) is 0 Å². The predicted octanol–water partition coefficient (Wildman–Crippen LogP) is 7.09. The Kier molecular flexibility index (Phi) is 9.04. The molecule has 3 rings (SSSR count). The molecule has 0 spiro atoms. The summed E-state index contributed by atoms with van der Waals surface area (Å²) in [4.78, 5) is 2.32. The number of nitrogens with zero attached hydrogens (tertiary/aromatic N) is 2. The fraction of sp³-hybridized carbons (Fsp3) is 0.154. The fourth-order valence-electron chi connectivity index (χ4n) is 3.12. The maximum Gasteiger partial charge on any atom is 0.119 e. The second kappa shape index (κ2) is 12.2. The number of hydrogen-bond acceptors (Lipinski definition) is 2. The lowest BCUT2D eigenvalue weighted by Crippen LogP contribution is -2.23. The number of ether oxygens (including phenoxy) is 1. The second-order valence-electron chi connectivity index (χ2n) is 7.04. The first-order chi connectivity index (χ1) is 15.1. The lowest BCUT2D eigenvalue weighted by molar-refractivity contribution is 0.285. The van der Waals surface area contributed by atoms with Crippen molar-refractivity contribution in [2.75, 3.05) is 13.7 Å². The third-order valence-corrected chi connectivity index (χ3v) is 5.26. The van der Waals surface area contributed by atoms with Crippen LogP contribution < -0.4 is 4.74 Å². The van der Waals surface area contributed by atoms with Crippen LogP contribution in [0.1, 0.15) is 11.1 Å². The van der Waals surface area contributed by atoms with Gasteiger partial charge < -0.3 is 9.30 Å². The summed E-state index contributed by atoms with van der Waals surface area (Å²) in [6.07, 6.45) is 16.2. The van der Waals surface area contributed by atoms with Crippen LogP contribution in [-0.4, -0.2) is 23.1 Å². The van der Waals surface area contributed by atoms with Crippen LogP contribution in [0, 0.1) is 0 Å². The number of rotatable bonds is 10. The summed E-state index contributed by atoms with van der Waals surface area (Å²) in [5, 5.41) is 1.33. The maximum atomic E-state index is 6.42. The molecule has 0 radical (unpaired) electrons. The van der Waals surface area contributed by atoms with Gasteiger partial charge in [0.15, 0.2) is 0 Å². The van der Waals surface area contributed by atoms with Gasteiger partial charge in [-0.2, -0.15) is 0 Å². The predicted molar refractivity (Wildman–Crippen MR) is 132 cm³/mol. The van der Waals surface area contributed by atoms with Crippen LogP contribution >= 0.6 is 23.2 Å². The quantitative estimate of drug-likeness (QED) is 0.305. The van der Waals surface area contributed by atoms with Gasteiger partial charge in [0.1, 0.15) is 5.75 Å². The topological polar surface area (TPSA) is 17.4 Å². The van der Waals surface area contributed by atoms with Gasteiger partial charge in [0.2, 0.25) is 0 Å². The van der Waals surface area contributed by atoms with Crippen LogP contribution in [-0.2, 0) is 13.1 Å². The zero-order chi connectivity index (χ0) is 21.9. The summed E-state index contributed by atoms with van der Waals surface area (Å²) in [6, 6.07) is 17.8. The van der Waals surface area contributed by atoms with E-state index in [0.29, 0.717) is 10.0 Å². The molecular formula is C26H26Cl2N2O. The molecule has 0 saturated heterocycles. The molecule has 0 amide bonds. The van der Waals surface area contributed by atoms with E-state index in [1.54, 1.807) is 13.2 Å². The van der Waals surface area contributed by atoms with Gasteiger partial charge in [0.05, 0.1) is 7.11 Å². The smallest absolute Gasteiger partial charge is 0.119 e. The molecule has 0 atom stereocenters. The monoisotopic (exact) mass is 452 g/mol. The molecule has 0 bridgehead atoms. The average Bonchev–Trinajstić information content (AvgIpc) is 3.28. The van der Waals surface area contributed by atoms with Gasteiger partial charge in [-0.15, -0.1) is 0 Å². The summed E-state index contributed by atoms with van der Waals surface area (Å²) in [5.41, 5.74) is 2.23. The van der Waals surface area contributed by atoms with E-state index in [0.717, 1.165) is 30.9 Å². The number of benzene rings is 2. The summed E-state index contributed by atoms with van der Waals surface area (Å²) >= 11 is 12.5. The van der Waals surface area contributed by atoms with Crippen LogP contribution in [0.15, 0.2) is 97.4 Å². The normalized spacial score (nSPS) is 12.0. The van der Waals surface area contributed by atoms with Crippen molar-refractivity contribution in [3.05, 3.63) is 119 Å². The van der Waals surface area contributed by atoms with Crippen LogP contribution in [0.4, 0.5) is 0 Å². The van der Waals surface area contributed by atoms with Crippen molar-refractivity contribution in [2.24, 2.45) is 0 Å². The molecule has 3 aromatic rings. The van der Waals surface area contributed by atoms with E-state index in [-0.39, 0.29) is 0 Å². The van der Waals surface area contributed by atoms with E-state index in [2.05, 4.69) is 29.2 Å². The minimum atomic E-state index is 0.645. The number of allylic oxidation sites excluding steroid dienone is 4. The molecule has 0 N–H and O–H groups in total. The first kappa shape index (κ1) is 23.0. The Bertz CT molecular complexity index is 1040. The van der Waals surface area contributed by atoms with E-state index in [1.807, 2.05) is 77.8 Å². The zero-order valence-corrected chi connectivity index (χ0v) is 19.0. The Labute approximate surface area is 194 Å². The third kappa shape index (κ3) is 7.80. The Morgan fingerprint density at radius 3 is 2.48 bits per heavy atom. The molecule has 1 heterocycles. The van der Waals surface area contributed by atoms with Gasteiger partial charge in [-0.1, -0.05) is 65.7 Å². The highest BCUT2D eigenvalue weighted by Gasteiger charge is 2.09. The summed E-state index contributed by atoms with van der Waals surface area (Å²) in [7, 11) is 1.68. The first-order valence-electron chi connectivity index (χ1n) is 10.1. The summed E-state index contributed by atoms with van der Waals surface area (Å²) in [5.74, 6) is 0.856. The first-order valence-corrected chi connectivity index (χ1v) is 10.8. The van der Waals surface area contributed by atoms with Crippen molar-refractivity contribution in [3.63, 3.8) is 0 Å². The van der Waals surface area contributed by atoms with Crippen LogP contribution in [0.5, 0.6) is 5.75 Å². The van der Waals surface area contributed by atoms with Crippen molar-refractivity contribution >= 4 is 29.4 Å². The molecule has 5 heteroatoms. The molecule has 0 aliphatic heterocycles. The molecule has 31 heavy (non-hydrogen) atoms. The Hall–Kier alpha value is -2.72. The summed E-state index contributed by atoms with van der Waals surface area (Å²) < 4.78 is 7.36. The number of aromatic nitrogens is 1. The number of halogens is 2. The van der Waals surface area contributed by atoms with Gasteiger partial charge in [-0.3, -0.25) is 4.90 Å². The lowest BCUT2D eigenvalue weighted by atomic mass is 10.1. The van der Waals surface area contributed by atoms with E-state index in [1.165, 1.54) is 5.56 Å². The molecule has 0 aliphatic carbocycles. The Morgan fingerprint density at radius 2 is 1.71 bits per heavy atom. The van der Waals surface area contributed by atoms with Gasteiger partial charge in [-0.25, -0.2) is 0 Å². The largest absolute Gasteiger partial charge is 0.497 e. The minimum absolute atomic E-state index is 0.645. The maximum absolute atomic E-state index is 6.42. The molecule has 0 fully saturated rings. The molecule has 160 valence electrons. The zero-order valence-electron chi connectivity index (χ0n) is 17.5. The van der Waals surface area contributed by atoms with Crippen molar-refractivity contribution in [1.29, 1.82) is 0 Å². The Balaban J connectivity index is 1.65. The van der Waals surface area contributed by atoms with E-state index in [9.17, 15) is 0 Å². The van der Waals surface area contributed by atoms with E-state index >= 15 is 0 Å². The van der Waals surface area contributed by atoms with Crippen molar-refractivity contribution < 1.29 is 4.74 Å². The highest BCUT2D eigenvalue weighted by atomic mass is 35.5. The van der Waals surface area contributed by atoms with E-state index < -0.39 is 0 Å². The van der Waals surface area contributed by atoms with Crippen molar-refractivity contribution in [1.82, 2.24) is 9.47 Å². The van der Waals surface area contributed by atoms with Crippen LogP contribution in [0.2, 0.25) is 10.0 Å². The van der Waals surface area contributed by atoms with E-state index in [4.69, 9.17) is 27.9 Å². The molecule has 0 unspecified atom stereocenters. The van der Waals surface area contributed by atoms with Gasteiger partial charge in [0.25, 0.3) is 0 Å². The van der Waals surface area contributed by atoms with Gasteiger partial charge in [-0.05, 0) is 53.6 Å². The molecule has 1 aromatic heterocycles. The average molecular weight is 453 g/mol. The van der Waals surface area contributed by atoms with Gasteiger partial charge >= 0.3 is 0 Å². The Morgan fingerprint density at radius 1 is 0.903 bits per heavy atom. The number of hydrogen-bond donors (Lipinski definition) is 0. The highest BCUT2D eigenvalue weighted by molar-refractivity contribution is 6.35. The third-order valence-electron chi connectivity index (χ3n) is 4.67. The molecule has 3 nitrogen and oxygen atoms in total. The standard InChI is InChI=1S/C26H26Cl2N2O/c1-31-25-11-9-10-22(18-25)20-30(21-23-12-13-24(27)19-26(23)28)17-6-4-2-3-5-14-29-15-7-8-16-29/h2-16,18-19H,17,20-21H2,1H3/b3-2-,6-4+,14-5+. The SMILES string of the molecule is COc1cccc(CN(C/C=C/C=C\C=C\n2cccc2)Cc2ccc(Cl)cc2Cl)c1. The second-order valence-corrected chi connectivity index (χ2v) is 7.89. The van der Waals surface area contributed by atoms with Gasteiger partial charge in [0, 0.05) is 48.3 Å². The molecule has 2 aromatic carbocycles. The minimum Gasteiger partial charge on any atom is -0.497 e.